The number of ether oxygens (including phenoxy) is 3. The summed E-state index contributed by atoms with van der Waals surface area (Å²) in [7, 11) is 0. The Kier molecular flexibility index (Phi) is 8.98. The lowest BCUT2D eigenvalue weighted by atomic mass is 9.78. The van der Waals surface area contributed by atoms with Gasteiger partial charge in [-0.05, 0) is 61.6 Å². The number of ketones is 2. The topological polar surface area (TPSA) is 176 Å². The number of phenolic OH excluding ortho intramolecular Hbond substituents is 1. The van der Waals surface area contributed by atoms with Gasteiger partial charge in [-0.15, -0.1) is 0 Å². The second kappa shape index (κ2) is 13.1. The van der Waals surface area contributed by atoms with E-state index in [1.165, 1.54) is 32.0 Å². The third kappa shape index (κ3) is 6.18. The fraction of sp³-hybridized carbons (Fsp3) is 0.306. The van der Waals surface area contributed by atoms with Crippen molar-refractivity contribution in [2.75, 3.05) is 0 Å². The lowest BCUT2D eigenvalue weighted by molar-refractivity contribution is -0.268. The molecule has 4 aromatic rings. The zero-order chi connectivity index (χ0) is 33.4. The number of fused-ring (bicyclic) bond motifs is 2. The van der Waals surface area contributed by atoms with Crippen LogP contribution in [0.2, 0.25) is 0 Å². The number of carbonyl (C=O) groups is 3. The SMILES string of the molecule is CC(=O)Oc1ccc2c(c1)C(=O)c1c(Cc3cc[nH]c3)c(OC3OC(C)C(O)C(O)C3O)c(CCCc3ccccc3)c(O)c1C2=O. The van der Waals surface area contributed by atoms with Crippen LogP contribution >= 0.6 is 0 Å². The van der Waals surface area contributed by atoms with Gasteiger partial charge < -0.3 is 39.6 Å². The Morgan fingerprint density at radius 3 is 2.32 bits per heavy atom. The fourth-order valence-corrected chi connectivity index (χ4v) is 6.26. The molecule has 1 aliphatic heterocycles. The molecule has 244 valence electrons. The van der Waals surface area contributed by atoms with E-state index in [4.69, 9.17) is 14.2 Å². The minimum atomic E-state index is -1.68. The van der Waals surface area contributed by atoms with Crippen LogP contribution in [0.4, 0.5) is 0 Å². The molecule has 47 heavy (non-hydrogen) atoms. The van der Waals surface area contributed by atoms with E-state index in [1.807, 2.05) is 30.3 Å². The van der Waals surface area contributed by atoms with E-state index in [-0.39, 0.29) is 57.7 Å². The van der Waals surface area contributed by atoms with E-state index in [0.717, 1.165) is 11.1 Å². The maximum Gasteiger partial charge on any atom is 0.308 e. The van der Waals surface area contributed by atoms with Crippen LogP contribution in [-0.2, 0) is 28.8 Å². The zero-order valence-corrected chi connectivity index (χ0v) is 25.8. The summed E-state index contributed by atoms with van der Waals surface area (Å²) >= 11 is 0. The molecule has 11 heteroatoms. The number of phenols is 1. The Morgan fingerprint density at radius 2 is 1.62 bits per heavy atom. The minimum Gasteiger partial charge on any atom is -0.507 e. The second-order valence-electron chi connectivity index (χ2n) is 11.9. The molecule has 5 atom stereocenters. The maximum absolute atomic E-state index is 14.3. The number of carbonyl (C=O) groups excluding carboxylic acids is 3. The number of H-pyrrole nitrogens is 1. The minimum absolute atomic E-state index is 0.0140. The summed E-state index contributed by atoms with van der Waals surface area (Å²) in [5.41, 5.74) is 2.04. The highest BCUT2D eigenvalue weighted by Crippen LogP contribution is 2.46. The number of benzene rings is 3. The molecule has 1 aliphatic carbocycles. The zero-order valence-electron chi connectivity index (χ0n) is 25.8. The summed E-state index contributed by atoms with van der Waals surface area (Å²) in [5.74, 6) is -2.13. The van der Waals surface area contributed by atoms with Crippen molar-refractivity contribution in [3.63, 3.8) is 0 Å². The molecule has 1 fully saturated rings. The van der Waals surface area contributed by atoms with Gasteiger partial charge in [-0.2, -0.15) is 0 Å². The second-order valence-corrected chi connectivity index (χ2v) is 11.9. The smallest absolute Gasteiger partial charge is 0.308 e. The Morgan fingerprint density at radius 1 is 0.872 bits per heavy atom. The van der Waals surface area contributed by atoms with Crippen molar-refractivity contribution >= 4 is 17.5 Å². The first-order chi connectivity index (χ1) is 22.5. The van der Waals surface area contributed by atoms with Crippen LogP contribution in [0.15, 0.2) is 67.0 Å². The lowest BCUT2D eigenvalue weighted by Gasteiger charge is -2.39. The van der Waals surface area contributed by atoms with Crippen LogP contribution in [0.5, 0.6) is 17.2 Å². The van der Waals surface area contributed by atoms with Crippen LogP contribution < -0.4 is 9.47 Å². The average Bonchev–Trinajstić information content (AvgIpc) is 3.57. The summed E-state index contributed by atoms with van der Waals surface area (Å²) in [6.45, 7) is 2.73. The van der Waals surface area contributed by atoms with Gasteiger partial charge in [0, 0.05) is 53.6 Å². The van der Waals surface area contributed by atoms with Crippen molar-refractivity contribution in [1.29, 1.82) is 0 Å². The molecule has 5 unspecified atom stereocenters. The van der Waals surface area contributed by atoms with Gasteiger partial charge in [0.1, 0.15) is 35.6 Å². The third-order valence-electron chi connectivity index (χ3n) is 8.64. The van der Waals surface area contributed by atoms with Gasteiger partial charge >= 0.3 is 5.97 Å². The third-order valence-corrected chi connectivity index (χ3v) is 8.64. The maximum atomic E-state index is 14.3. The standard InChI is InChI=1S/C36H35NO10/c1-18-29(39)33(43)34(44)36(45-18)47-35-24(10-6-9-20-7-4-3-5-8-20)31(41)28-27(26(35)15-21-13-14-37-17-21)32(42)25-16-22(46-19(2)38)11-12-23(25)30(28)40/h3-5,7-8,11-14,16-18,29,33-34,36-37,39,41,43-44H,6,9-10,15H2,1-2H3. The first kappa shape index (κ1) is 32.1. The van der Waals surface area contributed by atoms with Gasteiger partial charge in [0.05, 0.1) is 11.7 Å². The molecule has 5 N–H and O–H groups in total. The van der Waals surface area contributed by atoms with Gasteiger partial charge in [-0.3, -0.25) is 14.4 Å². The van der Waals surface area contributed by atoms with Crippen molar-refractivity contribution in [2.24, 2.45) is 0 Å². The summed E-state index contributed by atoms with van der Waals surface area (Å²) in [6.07, 6.45) is -2.21. The average molecular weight is 642 g/mol. The summed E-state index contributed by atoms with van der Waals surface area (Å²) in [6, 6.07) is 15.6. The summed E-state index contributed by atoms with van der Waals surface area (Å²) in [4.78, 5) is 43.1. The van der Waals surface area contributed by atoms with E-state index in [9.17, 15) is 34.8 Å². The summed E-state index contributed by atoms with van der Waals surface area (Å²) < 4.78 is 17.3. The lowest BCUT2D eigenvalue weighted by Crippen LogP contribution is -2.58. The van der Waals surface area contributed by atoms with Gasteiger partial charge in [-0.25, -0.2) is 0 Å². The molecular weight excluding hydrogens is 606 g/mol. The molecular formula is C36H35NO10. The predicted octanol–water partition coefficient (Wildman–Crippen LogP) is 3.39. The number of esters is 1. The van der Waals surface area contributed by atoms with E-state index in [0.29, 0.717) is 12.8 Å². The van der Waals surface area contributed by atoms with E-state index < -0.39 is 54.0 Å². The Bertz CT molecular complexity index is 1820. The molecule has 0 saturated carbocycles. The first-order valence-electron chi connectivity index (χ1n) is 15.4. The number of aromatic nitrogens is 1. The molecule has 0 bridgehead atoms. The normalized spacial score (nSPS) is 22.0. The van der Waals surface area contributed by atoms with Crippen LogP contribution in [0.1, 0.15) is 74.4 Å². The molecule has 1 aromatic heterocycles. The fourth-order valence-electron chi connectivity index (χ4n) is 6.26. The highest BCUT2D eigenvalue weighted by molar-refractivity contribution is 6.30. The number of aryl methyl sites for hydroxylation is 1. The Labute approximate surface area is 270 Å². The van der Waals surface area contributed by atoms with Crippen LogP contribution in [0.25, 0.3) is 0 Å². The number of nitrogens with one attached hydrogen (secondary N) is 1. The molecule has 1 saturated heterocycles. The van der Waals surface area contributed by atoms with Crippen molar-refractivity contribution < 1.29 is 49.0 Å². The molecule has 0 amide bonds. The number of aliphatic hydroxyl groups excluding tert-OH is 3. The van der Waals surface area contributed by atoms with Crippen molar-refractivity contribution in [3.05, 3.63) is 111 Å². The molecule has 2 aliphatic rings. The van der Waals surface area contributed by atoms with Crippen LogP contribution in [0.3, 0.4) is 0 Å². The number of aromatic hydroxyl groups is 1. The molecule has 0 radical (unpaired) electrons. The molecule has 2 heterocycles. The summed E-state index contributed by atoms with van der Waals surface area (Å²) in [5, 5.41) is 43.6. The largest absolute Gasteiger partial charge is 0.507 e. The van der Waals surface area contributed by atoms with Gasteiger partial charge in [0.2, 0.25) is 6.29 Å². The monoisotopic (exact) mass is 641 g/mol. The van der Waals surface area contributed by atoms with Gasteiger partial charge in [-0.1, -0.05) is 30.3 Å². The quantitative estimate of drug-likeness (QED) is 0.119. The highest BCUT2D eigenvalue weighted by Gasteiger charge is 2.45. The molecule has 0 spiro atoms. The van der Waals surface area contributed by atoms with Crippen molar-refractivity contribution in [2.45, 2.75) is 70.2 Å². The van der Waals surface area contributed by atoms with E-state index in [1.54, 1.807) is 18.5 Å². The number of hydrogen-bond donors (Lipinski definition) is 5. The van der Waals surface area contributed by atoms with Gasteiger partial charge in [0.15, 0.2) is 11.6 Å². The highest BCUT2D eigenvalue weighted by atomic mass is 16.7. The number of aliphatic hydroxyl groups is 3. The Hall–Kier alpha value is -4.81. The van der Waals surface area contributed by atoms with Crippen LogP contribution in [0, 0.1) is 0 Å². The van der Waals surface area contributed by atoms with E-state index in [2.05, 4.69) is 4.98 Å². The van der Waals surface area contributed by atoms with Crippen LogP contribution in [-0.4, -0.2) is 73.7 Å². The predicted molar refractivity (Wildman–Crippen MR) is 168 cm³/mol. The van der Waals surface area contributed by atoms with E-state index >= 15 is 0 Å². The van der Waals surface area contributed by atoms with Crippen molar-refractivity contribution in [3.8, 4) is 17.2 Å². The van der Waals surface area contributed by atoms with Gasteiger partial charge in [0.25, 0.3) is 0 Å². The first-order valence-corrected chi connectivity index (χ1v) is 15.4. The van der Waals surface area contributed by atoms with Crippen molar-refractivity contribution in [1.82, 2.24) is 4.98 Å². The number of rotatable bonds is 9. The number of hydrogen-bond acceptors (Lipinski definition) is 10. The molecule has 6 rings (SSSR count). The molecule has 11 nitrogen and oxygen atoms in total. The molecule has 3 aromatic carbocycles. The Balaban J connectivity index is 1.53. The number of aromatic amines is 1.